The number of halogens is 3. The molecular weight excluding hydrogens is 283 g/mol. The minimum absolute atomic E-state index is 0.0600. The van der Waals surface area contributed by atoms with Crippen molar-refractivity contribution < 1.29 is 17.9 Å². The first-order valence-corrected chi connectivity index (χ1v) is 6.07. The number of hydrogen-bond acceptors (Lipinski definition) is 3. The van der Waals surface area contributed by atoms with Crippen molar-refractivity contribution in [2.75, 3.05) is 7.11 Å². The number of ether oxygens (including phenoxy) is 1. The topological polar surface area (TPSA) is 39.9 Å². The maximum Gasteiger partial charge on any atom is 0.418 e. The predicted molar refractivity (Wildman–Crippen MR) is 70.4 cm³/mol. The van der Waals surface area contributed by atoms with E-state index >= 15 is 0 Å². The molecule has 0 unspecified atom stereocenters. The summed E-state index contributed by atoms with van der Waals surface area (Å²) in [6, 6.07) is 10.4. The van der Waals surface area contributed by atoms with E-state index in [0.29, 0.717) is 11.4 Å². The maximum atomic E-state index is 13.1. The van der Waals surface area contributed by atoms with Crippen LogP contribution in [-0.4, -0.2) is 22.1 Å². The minimum atomic E-state index is -4.47. The van der Waals surface area contributed by atoms with Crippen molar-refractivity contribution in [1.29, 1.82) is 0 Å². The molecule has 3 aromatic rings. The van der Waals surface area contributed by atoms with Gasteiger partial charge >= 0.3 is 6.18 Å². The molecule has 0 N–H and O–H groups in total. The third-order valence-corrected chi connectivity index (χ3v) is 3.09. The molecule has 0 aliphatic rings. The van der Waals surface area contributed by atoms with E-state index in [9.17, 15) is 13.2 Å². The quantitative estimate of drug-likeness (QED) is 0.726. The summed E-state index contributed by atoms with van der Waals surface area (Å²) in [5.74, 6) is 0.610. The molecule has 4 nitrogen and oxygen atoms in total. The molecule has 2 aromatic carbocycles. The van der Waals surface area contributed by atoms with Gasteiger partial charge in [0, 0.05) is 0 Å². The number of para-hydroxylation sites is 1. The van der Waals surface area contributed by atoms with Crippen molar-refractivity contribution in [3.05, 3.63) is 48.0 Å². The number of rotatable bonds is 2. The molecule has 0 radical (unpaired) electrons. The number of alkyl halides is 3. The molecule has 108 valence electrons. The molecule has 3 rings (SSSR count). The van der Waals surface area contributed by atoms with Gasteiger partial charge in [0.05, 0.1) is 18.4 Å². The summed E-state index contributed by atoms with van der Waals surface area (Å²) in [6.07, 6.45) is -4.47. The van der Waals surface area contributed by atoms with Crippen LogP contribution in [0.3, 0.4) is 0 Å². The highest BCUT2D eigenvalue weighted by Gasteiger charge is 2.34. The molecule has 0 fully saturated rings. The lowest BCUT2D eigenvalue weighted by Crippen LogP contribution is -2.08. The molecule has 0 amide bonds. The van der Waals surface area contributed by atoms with Gasteiger partial charge in [-0.05, 0) is 36.4 Å². The van der Waals surface area contributed by atoms with Crippen molar-refractivity contribution in [2.45, 2.75) is 6.18 Å². The molecule has 0 spiro atoms. The van der Waals surface area contributed by atoms with Crippen LogP contribution in [0.25, 0.3) is 16.7 Å². The molecule has 0 bridgehead atoms. The van der Waals surface area contributed by atoms with Gasteiger partial charge in [0.25, 0.3) is 0 Å². The van der Waals surface area contributed by atoms with Crippen LogP contribution in [0.1, 0.15) is 5.56 Å². The lowest BCUT2D eigenvalue weighted by Gasteiger charge is -2.10. The smallest absolute Gasteiger partial charge is 0.418 e. The molecule has 21 heavy (non-hydrogen) atoms. The number of aromatic nitrogens is 3. The number of benzene rings is 2. The second-order valence-corrected chi connectivity index (χ2v) is 4.37. The zero-order valence-electron chi connectivity index (χ0n) is 10.9. The summed E-state index contributed by atoms with van der Waals surface area (Å²) >= 11 is 0. The molecule has 0 saturated heterocycles. The summed E-state index contributed by atoms with van der Waals surface area (Å²) in [4.78, 5) is 0. The zero-order valence-corrected chi connectivity index (χ0v) is 10.9. The van der Waals surface area contributed by atoms with Crippen LogP contribution in [0.5, 0.6) is 5.75 Å². The Bertz CT molecular complexity index is 778. The molecule has 0 atom stereocenters. The Balaban J connectivity index is 2.23. The standard InChI is InChI=1S/C14H10F3N3O/c1-21-10-7-5-9(6-8-10)20-13-11(14(15,16)17)3-2-4-12(13)18-19-20/h2-8H,1H3. The van der Waals surface area contributed by atoms with Gasteiger partial charge in [-0.15, -0.1) is 5.10 Å². The van der Waals surface area contributed by atoms with Gasteiger partial charge in [-0.25, -0.2) is 4.68 Å². The normalized spacial score (nSPS) is 11.8. The van der Waals surface area contributed by atoms with Gasteiger partial charge in [0.2, 0.25) is 0 Å². The summed E-state index contributed by atoms with van der Waals surface area (Å²) in [5, 5.41) is 7.61. The first kappa shape index (κ1) is 13.4. The maximum absolute atomic E-state index is 13.1. The summed E-state index contributed by atoms with van der Waals surface area (Å²) < 4.78 is 45.6. The Hall–Kier alpha value is -2.57. The van der Waals surface area contributed by atoms with Gasteiger partial charge in [0.15, 0.2) is 0 Å². The summed E-state index contributed by atoms with van der Waals surface area (Å²) in [6.45, 7) is 0. The second-order valence-electron chi connectivity index (χ2n) is 4.37. The van der Waals surface area contributed by atoms with Crippen LogP contribution in [0.15, 0.2) is 42.5 Å². The highest BCUT2D eigenvalue weighted by molar-refractivity contribution is 5.80. The summed E-state index contributed by atoms with van der Waals surface area (Å²) in [7, 11) is 1.52. The summed E-state index contributed by atoms with van der Waals surface area (Å²) in [5.41, 5.74) is -0.147. The molecule has 0 aliphatic heterocycles. The van der Waals surface area contributed by atoms with E-state index in [0.717, 1.165) is 6.07 Å². The molecular formula is C14H10F3N3O. The lowest BCUT2D eigenvalue weighted by atomic mass is 10.1. The van der Waals surface area contributed by atoms with Gasteiger partial charge in [-0.2, -0.15) is 13.2 Å². The Morgan fingerprint density at radius 2 is 1.76 bits per heavy atom. The minimum Gasteiger partial charge on any atom is -0.497 e. The average Bonchev–Trinajstić information content (AvgIpc) is 2.90. The van der Waals surface area contributed by atoms with Crippen molar-refractivity contribution in [3.8, 4) is 11.4 Å². The van der Waals surface area contributed by atoms with Crippen molar-refractivity contribution >= 4 is 11.0 Å². The van der Waals surface area contributed by atoms with Crippen molar-refractivity contribution in [2.24, 2.45) is 0 Å². The molecule has 0 saturated carbocycles. The highest BCUT2D eigenvalue weighted by Crippen LogP contribution is 2.34. The van der Waals surface area contributed by atoms with E-state index in [1.165, 1.54) is 23.9 Å². The van der Waals surface area contributed by atoms with Crippen LogP contribution >= 0.6 is 0 Å². The van der Waals surface area contributed by atoms with Crippen LogP contribution in [-0.2, 0) is 6.18 Å². The van der Waals surface area contributed by atoms with E-state index < -0.39 is 11.7 Å². The number of fused-ring (bicyclic) bond motifs is 1. The highest BCUT2D eigenvalue weighted by atomic mass is 19.4. The van der Waals surface area contributed by atoms with E-state index in [1.807, 2.05) is 0 Å². The van der Waals surface area contributed by atoms with E-state index in [-0.39, 0.29) is 11.0 Å². The predicted octanol–water partition coefficient (Wildman–Crippen LogP) is 3.45. The van der Waals surface area contributed by atoms with E-state index in [1.54, 1.807) is 24.3 Å². The lowest BCUT2D eigenvalue weighted by molar-refractivity contribution is -0.136. The Morgan fingerprint density at radius 1 is 1.05 bits per heavy atom. The van der Waals surface area contributed by atoms with Crippen molar-refractivity contribution in [1.82, 2.24) is 15.0 Å². The van der Waals surface area contributed by atoms with Crippen molar-refractivity contribution in [3.63, 3.8) is 0 Å². The first-order valence-electron chi connectivity index (χ1n) is 6.07. The second kappa shape index (κ2) is 4.76. The first-order chi connectivity index (χ1) is 10.0. The fraction of sp³-hybridized carbons (Fsp3) is 0.143. The van der Waals surface area contributed by atoms with Gasteiger partial charge in [0.1, 0.15) is 16.8 Å². The Kier molecular flexibility index (Phi) is 3.04. The average molecular weight is 293 g/mol. The fourth-order valence-corrected chi connectivity index (χ4v) is 2.11. The molecule has 7 heteroatoms. The molecule has 1 aromatic heterocycles. The Morgan fingerprint density at radius 3 is 2.38 bits per heavy atom. The Labute approximate surface area is 117 Å². The van der Waals surface area contributed by atoms with Gasteiger partial charge < -0.3 is 4.74 Å². The number of methoxy groups -OCH3 is 1. The number of nitrogens with zero attached hydrogens (tertiary/aromatic N) is 3. The monoisotopic (exact) mass is 293 g/mol. The molecule has 1 heterocycles. The third-order valence-electron chi connectivity index (χ3n) is 3.09. The van der Waals surface area contributed by atoms with Gasteiger partial charge in [-0.3, -0.25) is 0 Å². The van der Waals surface area contributed by atoms with Crippen LogP contribution in [0.2, 0.25) is 0 Å². The SMILES string of the molecule is COc1ccc(-n2nnc3cccc(C(F)(F)F)c32)cc1. The van der Waals surface area contributed by atoms with Crippen LogP contribution < -0.4 is 4.74 Å². The number of hydrogen-bond donors (Lipinski definition) is 0. The van der Waals surface area contributed by atoms with E-state index in [4.69, 9.17) is 4.74 Å². The largest absolute Gasteiger partial charge is 0.497 e. The third kappa shape index (κ3) is 2.31. The van der Waals surface area contributed by atoms with Gasteiger partial charge in [-0.1, -0.05) is 11.3 Å². The zero-order chi connectivity index (χ0) is 15.0. The molecule has 0 aliphatic carbocycles. The van der Waals surface area contributed by atoms with Crippen LogP contribution in [0.4, 0.5) is 13.2 Å². The fourth-order valence-electron chi connectivity index (χ4n) is 2.11. The van der Waals surface area contributed by atoms with E-state index in [2.05, 4.69) is 10.3 Å². The van der Waals surface area contributed by atoms with Crippen LogP contribution in [0, 0.1) is 0 Å².